The van der Waals surface area contributed by atoms with Crippen molar-refractivity contribution in [1.29, 1.82) is 0 Å². The summed E-state index contributed by atoms with van der Waals surface area (Å²) in [4.78, 5) is 52.4. The first-order valence-electron chi connectivity index (χ1n) is 14.0. The molecule has 0 aromatic carbocycles. The fourth-order valence-electron chi connectivity index (χ4n) is 10.6. The van der Waals surface area contributed by atoms with Crippen LogP contribution in [0.15, 0.2) is 0 Å². The summed E-state index contributed by atoms with van der Waals surface area (Å²) in [7, 11) is 2.67. The lowest BCUT2D eigenvalue weighted by atomic mass is 9.47. The molecule has 0 saturated heterocycles. The largest absolute Gasteiger partial charge is 0.467 e. The smallest absolute Gasteiger partial charge is 0.328 e. The Kier molecular flexibility index (Phi) is 5.87. The molecule has 2 atom stereocenters. The minimum Gasteiger partial charge on any atom is -0.467 e. The second-order valence-corrected chi connectivity index (χ2v) is 13.4. The quantitative estimate of drug-likeness (QED) is 0.429. The van der Waals surface area contributed by atoms with Gasteiger partial charge in [0.05, 0.1) is 14.2 Å². The summed E-state index contributed by atoms with van der Waals surface area (Å²) in [5.41, 5.74) is -0.696. The molecule has 8 nitrogen and oxygen atoms in total. The van der Waals surface area contributed by atoms with Gasteiger partial charge in [-0.15, -0.1) is 0 Å². The van der Waals surface area contributed by atoms with Crippen molar-refractivity contribution in [2.75, 3.05) is 14.2 Å². The highest BCUT2D eigenvalue weighted by Crippen LogP contribution is 2.62. The van der Waals surface area contributed by atoms with Gasteiger partial charge in [-0.05, 0) is 113 Å². The molecule has 0 aromatic rings. The van der Waals surface area contributed by atoms with Gasteiger partial charge in [0.1, 0.15) is 12.1 Å². The zero-order valence-corrected chi connectivity index (χ0v) is 21.6. The molecule has 2 N–H and O–H groups in total. The predicted molar refractivity (Wildman–Crippen MR) is 129 cm³/mol. The van der Waals surface area contributed by atoms with E-state index in [0.29, 0.717) is 35.5 Å². The summed E-state index contributed by atoms with van der Waals surface area (Å²) in [6, 6.07) is -1.68. The van der Waals surface area contributed by atoms with Crippen molar-refractivity contribution in [3.8, 4) is 0 Å². The molecule has 0 aliphatic heterocycles. The molecule has 0 aromatic heterocycles. The van der Waals surface area contributed by atoms with E-state index in [4.69, 9.17) is 9.47 Å². The molecule has 0 unspecified atom stereocenters. The van der Waals surface area contributed by atoms with E-state index >= 15 is 0 Å². The number of ether oxygens (including phenoxy) is 2. The molecular formula is C28H40N2O6. The molecule has 8 saturated carbocycles. The van der Waals surface area contributed by atoms with Crippen LogP contribution in [0.3, 0.4) is 0 Å². The fourth-order valence-corrected chi connectivity index (χ4v) is 10.6. The van der Waals surface area contributed by atoms with Crippen LogP contribution in [0.5, 0.6) is 0 Å². The van der Waals surface area contributed by atoms with Gasteiger partial charge in [-0.1, -0.05) is 0 Å². The van der Waals surface area contributed by atoms with Crippen molar-refractivity contribution in [3.05, 3.63) is 0 Å². The van der Waals surface area contributed by atoms with Crippen LogP contribution < -0.4 is 10.6 Å². The summed E-state index contributed by atoms with van der Waals surface area (Å²) >= 11 is 0. The van der Waals surface area contributed by atoms with Gasteiger partial charge in [-0.2, -0.15) is 0 Å². The number of carbonyl (C=O) groups excluding carboxylic acids is 4. The Morgan fingerprint density at radius 1 is 0.556 bits per heavy atom. The molecule has 198 valence electrons. The van der Waals surface area contributed by atoms with E-state index in [1.54, 1.807) is 0 Å². The molecule has 8 aliphatic carbocycles. The summed E-state index contributed by atoms with van der Waals surface area (Å²) in [6.07, 6.45) is 12.5. The van der Waals surface area contributed by atoms with Gasteiger partial charge in [-0.3, -0.25) is 9.59 Å². The first-order valence-corrected chi connectivity index (χ1v) is 14.0. The average Bonchev–Trinajstić information content (AvgIpc) is 2.82. The number of nitrogens with one attached hydrogen (secondary N) is 2. The van der Waals surface area contributed by atoms with E-state index in [1.807, 2.05) is 0 Å². The number of hydrogen-bond acceptors (Lipinski definition) is 6. The predicted octanol–water partition coefficient (Wildman–Crippen LogP) is 2.73. The lowest BCUT2D eigenvalue weighted by Gasteiger charge is -2.58. The third-order valence-electron chi connectivity index (χ3n) is 11.0. The Hall–Kier alpha value is -2.12. The molecule has 0 spiro atoms. The molecule has 0 heterocycles. The van der Waals surface area contributed by atoms with Crippen LogP contribution in [0.1, 0.15) is 77.0 Å². The summed E-state index contributed by atoms with van der Waals surface area (Å²) in [5, 5.41) is 5.57. The van der Waals surface area contributed by atoms with E-state index in [-0.39, 0.29) is 10.8 Å². The molecule has 8 aliphatic rings. The minimum atomic E-state index is -0.861. The number of methoxy groups -OCH3 is 2. The molecule has 36 heavy (non-hydrogen) atoms. The van der Waals surface area contributed by atoms with E-state index in [0.717, 1.165) is 38.5 Å². The highest BCUT2D eigenvalue weighted by atomic mass is 16.5. The molecule has 8 heteroatoms. The normalized spacial score (nSPS) is 42.9. The van der Waals surface area contributed by atoms with Gasteiger partial charge in [0.25, 0.3) is 0 Å². The molecular weight excluding hydrogens is 460 g/mol. The van der Waals surface area contributed by atoms with Crippen LogP contribution in [0, 0.1) is 46.3 Å². The lowest BCUT2D eigenvalue weighted by Crippen LogP contribution is -2.64. The minimum absolute atomic E-state index is 0.348. The Labute approximate surface area is 213 Å². The molecule has 8 bridgehead atoms. The topological polar surface area (TPSA) is 111 Å². The van der Waals surface area contributed by atoms with Crippen LogP contribution in [0.2, 0.25) is 0 Å². The maximum Gasteiger partial charge on any atom is 0.328 e. The van der Waals surface area contributed by atoms with Crippen molar-refractivity contribution >= 4 is 23.8 Å². The van der Waals surface area contributed by atoms with Crippen LogP contribution in [-0.4, -0.2) is 50.1 Å². The van der Waals surface area contributed by atoms with Crippen LogP contribution in [0.25, 0.3) is 0 Å². The maximum atomic E-state index is 13.3. The molecule has 8 rings (SSSR count). The Bertz CT molecular complexity index is 813. The number of rotatable bonds is 6. The third kappa shape index (κ3) is 3.94. The number of amides is 2. The highest BCUT2D eigenvalue weighted by Gasteiger charge is 2.59. The zero-order chi connectivity index (χ0) is 25.2. The number of esters is 2. The second-order valence-electron chi connectivity index (χ2n) is 13.4. The first-order chi connectivity index (χ1) is 17.2. The SMILES string of the molecule is COC(=O)[C@@H](NC(=O)C(=O)N[C@@H](C(=O)OC)C12CC3CC(CC(C3)C1)C2)C12CC3CC(CC(C3)C1)C2. The number of carbonyl (C=O) groups is 4. The average molecular weight is 501 g/mol. The van der Waals surface area contributed by atoms with Gasteiger partial charge in [-0.25, -0.2) is 9.59 Å². The highest BCUT2D eigenvalue weighted by molar-refractivity contribution is 6.35. The lowest BCUT2D eigenvalue weighted by molar-refractivity contribution is -0.161. The van der Waals surface area contributed by atoms with Gasteiger partial charge < -0.3 is 20.1 Å². The Morgan fingerprint density at radius 3 is 1.03 bits per heavy atom. The Balaban J connectivity index is 1.20. The van der Waals surface area contributed by atoms with Crippen molar-refractivity contribution in [3.63, 3.8) is 0 Å². The van der Waals surface area contributed by atoms with E-state index < -0.39 is 35.8 Å². The van der Waals surface area contributed by atoms with Crippen molar-refractivity contribution in [1.82, 2.24) is 10.6 Å². The standard InChI is InChI=1S/C28H40N2O6/c1-35-25(33)21(27-9-15-3-16(10-27)5-17(4-15)11-27)29-23(31)24(32)30-22(26(34)36-2)28-12-18-6-19(13-28)8-20(7-18)14-28/h15-22H,3-14H2,1-2H3,(H,29,31)(H,30,32)/t15?,16?,17?,18?,19?,20?,21-,22+,27?,28?. The van der Waals surface area contributed by atoms with E-state index in [2.05, 4.69) is 10.6 Å². The van der Waals surface area contributed by atoms with Crippen molar-refractivity contribution < 1.29 is 28.7 Å². The van der Waals surface area contributed by atoms with Crippen molar-refractivity contribution in [2.45, 2.75) is 89.1 Å². The maximum absolute atomic E-state index is 13.3. The summed E-state index contributed by atoms with van der Waals surface area (Å²) in [6.45, 7) is 0. The van der Waals surface area contributed by atoms with E-state index in [9.17, 15) is 19.2 Å². The summed E-state index contributed by atoms with van der Waals surface area (Å²) in [5.74, 6) is 0.778. The van der Waals surface area contributed by atoms with Gasteiger partial charge in [0.2, 0.25) is 0 Å². The Morgan fingerprint density at radius 2 is 0.806 bits per heavy atom. The second kappa shape index (κ2) is 8.73. The first kappa shape index (κ1) is 24.2. The molecule has 0 radical (unpaired) electrons. The third-order valence-corrected chi connectivity index (χ3v) is 11.0. The van der Waals surface area contributed by atoms with Crippen LogP contribution in [0.4, 0.5) is 0 Å². The van der Waals surface area contributed by atoms with Crippen LogP contribution in [-0.2, 0) is 28.7 Å². The number of hydrogen-bond donors (Lipinski definition) is 2. The monoisotopic (exact) mass is 500 g/mol. The molecule has 8 fully saturated rings. The summed E-state index contributed by atoms with van der Waals surface area (Å²) < 4.78 is 10.2. The zero-order valence-electron chi connectivity index (χ0n) is 21.6. The fraction of sp³-hybridized carbons (Fsp3) is 0.857. The van der Waals surface area contributed by atoms with Gasteiger partial charge in [0, 0.05) is 10.8 Å². The van der Waals surface area contributed by atoms with Gasteiger partial charge in [0.15, 0.2) is 0 Å². The molecule has 2 amide bonds. The van der Waals surface area contributed by atoms with Gasteiger partial charge >= 0.3 is 23.8 Å². The van der Waals surface area contributed by atoms with Crippen molar-refractivity contribution in [2.24, 2.45) is 46.3 Å². The van der Waals surface area contributed by atoms with Crippen LogP contribution >= 0.6 is 0 Å². The van der Waals surface area contributed by atoms with E-state index in [1.165, 1.54) is 52.7 Å².